The predicted octanol–water partition coefficient (Wildman–Crippen LogP) is 1.51. The van der Waals surface area contributed by atoms with Crippen LogP contribution in [0.4, 0.5) is 11.8 Å². The number of hydrogen-bond acceptors (Lipinski definition) is 8. The van der Waals surface area contributed by atoms with Crippen molar-refractivity contribution in [1.82, 2.24) is 19.8 Å². The number of rotatable bonds is 6. The van der Waals surface area contributed by atoms with Gasteiger partial charge < -0.3 is 26.0 Å². The van der Waals surface area contributed by atoms with Gasteiger partial charge in [0.15, 0.2) is 0 Å². The maximum absolute atomic E-state index is 11.7. The lowest BCUT2D eigenvalue weighted by atomic mass is 10.2. The first-order chi connectivity index (χ1) is 14.6. The van der Waals surface area contributed by atoms with Gasteiger partial charge in [-0.05, 0) is 43.8 Å². The summed E-state index contributed by atoms with van der Waals surface area (Å²) in [5.41, 5.74) is 6.52. The molecule has 9 nitrogen and oxygen atoms in total. The topological polar surface area (TPSA) is 109 Å². The van der Waals surface area contributed by atoms with Crippen molar-refractivity contribution in [3.05, 3.63) is 48.1 Å². The fourth-order valence-electron chi connectivity index (χ4n) is 3.53. The van der Waals surface area contributed by atoms with Gasteiger partial charge in [0, 0.05) is 37.6 Å². The molecule has 0 spiro atoms. The van der Waals surface area contributed by atoms with E-state index in [-0.39, 0.29) is 0 Å². The van der Waals surface area contributed by atoms with E-state index < -0.39 is 5.91 Å². The largest absolute Gasteiger partial charge is 0.499 e. The van der Waals surface area contributed by atoms with Crippen molar-refractivity contribution >= 4 is 17.7 Å². The smallest absolute Gasteiger partial charge is 0.254 e. The van der Waals surface area contributed by atoms with Crippen molar-refractivity contribution in [3.63, 3.8) is 0 Å². The molecule has 3 heterocycles. The first-order valence-corrected chi connectivity index (χ1v) is 10.5. The number of amides is 1. The van der Waals surface area contributed by atoms with Crippen molar-refractivity contribution in [1.29, 1.82) is 0 Å². The van der Waals surface area contributed by atoms with E-state index in [0.717, 1.165) is 44.7 Å². The number of ether oxygens (including phenoxy) is 1. The molecule has 1 unspecified atom stereocenters. The number of nitrogens with zero attached hydrogens (tertiary/aromatic N) is 4. The molecule has 9 heteroatoms. The van der Waals surface area contributed by atoms with Crippen LogP contribution >= 0.6 is 0 Å². The number of piperazine rings is 1. The Morgan fingerprint density at radius 1 is 1.37 bits per heavy atom. The predicted molar refractivity (Wildman–Crippen MR) is 116 cm³/mol. The summed E-state index contributed by atoms with van der Waals surface area (Å²) < 4.78 is 5.80. The summed E-state index contributed by atoms with van der Waals surface area (Å²) in [5, 5.41) is 6.43. The van der Waals surface area contributed by atoms with Gasteiger partial charge in [-0.3, -0.25) is 9.69 Å². The SMILES string of the molecule is CCN1CCN2/C=C/C=C(Nc3ncc(C(N)=O)c(NC4CC4)n3)\C=C\OCC2C1. The number of primary amides is 1. The van der Waals surface area contributed by atoms with Gasteiger partial charge in [-0.15, -0.1) is 0 Å². The van der Waals surface area contributed by atoms with Gasteiger partial charge in [0.1, 0.15) is 12.4 Å². The van der Waals surface area contributed by atoms with E-state index in [9.17, 15) is 4.79 Å². The molecule has 1 saturated heterocycles. The Kier molecular flexibility index (Phi) is 6.18. The first-order valence-electron chi connectivity index (χ1n) is 10.5. The molecule has 0 radical (unpaired) electrons. The van der Waals surface area contributed by atoms with Crippen molar-refractivity contribution in [3.8, 4) is 0 Å². The van der Waals surface area contributed by atoms with Gasteiger partial charge in [-0.1, -0.05) is 6.92 Å². The number of carbonyl (C=O) groups is 1. The number of anilines is 2. The van der Waals surface area contributed by atoms with E-state index >= 15 is 0 Å². The second kappa shape index (κ2) is 9.17. The molecule has 4 rings (SSSR count). The third-order valence-corrected chi connectivity index (χ3v) is 5.47. The highest BCUT2D eigenvalue weighted by Crippen LogP contribution is 2.26. The molecule has 1 atom stereocenters. The lowest BCUT2D eigenvalue weighted by molar-refractivity contribution is 0.0672. The zero-order valence-electron chi connectivity index (χ0n) is 17.3. The normalized spacial score (nSPS) is 25.8. The number of allylic oxidation sites excluding steroid dienone is 3. The molecule has 2 aliphatic heterocycles. The minimum absolute atomic E-state index is 0.295. The van der Waals surface area contributed by atoms with E-state index in [1.165, 1.54) is 6.20 Å². The molecule has 160 valence electrons. The number of hydrogen-bond donors (Lipinski definition) is 3. The van der Waals surface area contributed by atoms with Crippen molar-refractivity contribution < 1.29 is 9.53 Å². The van der Waals surface area contributed by atoms with Gasteiger partial charge >= 0.3 is 0 Å². The summed E-state index contributed by atoms with van der Waals surface area (Å²) in [7, 11) is 0. The average Bonchev–Trinajstić information content (AvgIpc) is 3.55. The zero-order chi connectivity index (χ0) is 20.9. The number of aromatic nitrogens is 2. The third-order valence-electron chi connectivity index (χ3n) is 5.47. The third kappa shape index (κ3) is 5.10. The molecule has 30 heavy (non-hydrogen) atoms. The second-order valence-corrected chi connectivity index (χ2v) is 7.75. The molecule has 1 aromatic rings. The van der Waals surface area contributed by atoms with Crippen LogP contribution in [0.3, 0.4) is 0 Å². The fraction of sp³-hybridized carbons (Fsp3) is 0.476. The Bertz CT molecular complexity index is 863. The Morgan fingerprint density at radius 3 is 3.00 bits per heavy atom. The fourth-order valence-corrected chi connectivity index (χ4v) is 3.53. The molecule has 3 aliphatic rings. The molecule has 1 aromatic heterocycles. The minimum atomic E-state index is -0.545. The Labute approximate surface area is 176 Å². The number of likely N-dealkylation sites (N-methyl/N-ethyl adjacent to an activating group) is 1. The van der Waals surface area contributed by atoms with Crippen LogP contribution in [0, 0.1) is 0 Å². The summed E-state index contributed by atoms with van der Waals surface area (Å²) in [6.45, 7) is 6.91. The number of fused-ring (bicyclic) bond motifs is 1. The quantitative estimate of drug-likeness (QED) is 0.646. The molecule has 2 fully saturated rings. The second-order valence-electron chi connectivity index (χ2n) is 7.75. The number of nitrogens with one attached hydrogen (secondary N) is 2. The highest BCUT2D eigenvalue weighted by molar-refractivity contribution is 5.97. The molecule has 1 saturated carbocycles. The average molecular weight is 412 g/mol. The highest BCUT2D eigenvalue weighted by Gasteiger charge is 2.25. The van der Waals surface area contributed by atoms with Crippen molar-refractivity contribution in [2.45, 2.75) is 31.8 Å². The van der Waals surface area contributed by atoms with Gasteiger partial charge in [-0.25, -0.2) is 4.98 Å². The number of nitrogens with two attached hydrogens (primary N) is 1. The summed E-state index contributed by atoms with van der Waals surface area (Å²) in [5.74, 6) is 0.311. The molecule has 0 aromatic carbocycles. The Morgan fingerprint density at radius 2 is 2.23 bits per heavy atom. The Balaban J connectivity index is 1.48. The van der Waals surface area contributed by atoms with Gasteiger partial charge in [0.2, 0.25) is 5.95 Å². The molecule has 1 aliphatic carbocycles. The van der Waals surface area contributed by atoms with E-state index in [2.05, 4.69) is 43.5 Å². The number of carbonyl (C=O) groups excluding carboxylic acids is 1. The maximum Gasteiger partial charge on any atom is 0.254 e. The lowest BCUT2D eigenvalue weighted by Gasteiger charge is -2.40. The van der Waals surface area contributed by atoms with Gasteiger partial charge in [0.05, 0.1) is 17.9 Å². The summed E-state index contributed by atoms with van der Waals surface area (Å²) in [4.78, 5) is 25.1. The van der Waals surface area contributed by atoms with Crippen LogP contribution < -0.4 is 16.4 Å². The summed E-state index contributed by atoms with van der Waals surface area (Å²) in [6.07, 6.45) is 13.2. The molecular formula is C21H29N7O2. The van der Waals surface area contributed by atoms with E-state index in [1.54, 1.807) is 6.26 Å². The molecule has 4 N–H and O–H groups in total. The first kappa shape index (κ1) is 20.2. The van der Waals surface area contributed by atoms with Crippen LogP contribution in [0.15, 0.2) is 42.6 Å². The van der Waals surface area contributed by atoms with Crippen LogP contribution in [0.25, 0.3) is 0 Å². The molecule has 0 bridgehead atoms. The monoisotopic (exact) mass is 411 g/mol. The van der Waals surface area contributed by atoms with Crippen LogP contribution in [0.1, 0.15) is 30.1 Å². The van der Waals surface area contributed by atoms with Gasteiger partial charge in [0.25, 0.3) is 5.91 Å². The van der Waals surface area contributed by atoms with Crippen molar-refractivity contribution in [2.24, 2.45) is 5.73 Å². The van der Waals surface area contributed by atoms with Crippen LogP contribution in [-0.4, -0.2) is 70.5 Å². The lowest BCUT2D eigenvalue weighted by Crippen LogP contribution is -2.52. The van der Waals surface area contributed by atoms with E-state index in [4.69, 9.17) is 10.5 Å². The molecular weight excluding hydrogens is 382 g/mol. The Hall–Kier alpha value is -3.07. The van der Waals surface area contributed by atoms with Gasteiger partial charge in [-0.2, -0.15) is 4.98 Å². The molecule has 1 amide bonds. The summed E-state index contributed by atoms with van der Waals surface area (Å²) >= 11 is 0. The van der Waals surface area contributed by atoms with Crippen molar-refractivity contribution in [2.75, 3.05) is 43.4 Å². The van der Waals surface area contributed by atoms with E-state index in [0.29, 0.717) is 36.0 Å². The highest BCUT2D eigenvalue weighted by atomic mass is 16.5. The van der Waals surface area contributed by atoms with E-state index in [1.807, 2.05) is 18.2 Å². The van der Waals surface area contributed by atoms with Crippen LogP contribution in [-0.2, 0) is 4.74 Å². The standard InChI is InChI=1S/C21H29N7O2/c1-2-27-9-10-28-8-3-4-15(7-11-30-14-17(28)13-27)25-21-23-12-18(19(22)29)20(26-21)24-16-5-6-16/h3-4,7-8,11-12,16-17H,2,5-6,9-10,13-14H2,1H3,(H2,22,29)(H2,23,24,25,26)/b8-3+,11-7+,15-4+. The minimum Gasteiger partial charge on any atom is -0.499 e. The summed E-state index contributed by atoms with van der Waals surface area (Å²) in [6, 6.07) is 0.680. The maximum atomic E-state index is 11.7. The zero-order valence-corrected chi connectivity index (χ0v) is 17.3. The van der Waals surface area contributed by atoms with Crippen LogP contribution in [0.5, 0.6) is 0 Å². The van der Waals surface area contributed by atoms with Crippen LogP contribution in [0.2, 0.25) is 0 Å².